The third-order valence-electron chi connectivity index (χ3n) is 2.56. The molecule has 0 unspecified atom stereocenters. The van der Waals surface area contributed by atoms with E-state index >= 15 is 0 Å². The molecule has 0 spiro atoms. The first-order valence-corrected chi connectivity index (χ1v) is 8.20. The number of rotatable bonds is 6. The van der Waals surface area contributed by atoms with Crippen LogP contribution in [0.1, 0.15) is 13.8 Å². The molecule has 7 heteroatoms. The topological polar surface area (TPSA) is 71.1 Å². The molecule has 0 fully saturated rings. The zero-order chi connectivity index (χ0) is 13.8. The summed E-state index contributed by atoms with van der Waals surface area (Å²) in [5.41, 5.74) is 0. The summed E-state index contributed by atoms with van der Waals surface area (Å²) in [5.74, 6) is 0.673. The molecule has 0 bridgehead atoms. The molecule has 18 heavy (non-hydrogen) atoms. The molecule has 1 aromatic heterocycles. The molecule has 1 aromatic rings. The zero-order valence-electron chi connectivity index (χ0n) is 11.0. The first-order valence-electron chi connectivity index (χ1n) is 5.49. The van der Waals surface area contributed by atoms with Gasteiger partial charge in [0.25, 0.3) is 0 Å². The summed E-state index contributed by atoms with van der Waals surface area (Å²) < 4.78 is 25.4. The van der Waals surface area contributed by atoms with Crippen molar-refractivity contribution >= 4 is 27.6 Å². The van der Waals surface area contributed by atoms with Crippen molar-refractivity contribution in [3.05, 3.63) is 18.3 Å². The second-order valence-corrected chi connectivity index (χ2v) is 7.80. The Balaban J connectivity index is 2.73. The lowest BCUT2D eigenvalue weighted by Gasteiger charge is -2.22. The van der Waals surface area contributed by atoms with Gasteiger partial charge in [-0.05, 0) is 39.3 Å². The monoisotopic (exact) mass is 289 g/mol. The number of nitrogens with one attached hydrogen (secondary N) is 2. The standard InChI is InChI=1S/C11H19N3O2S2/c1-11(2,17-4)8-14-10-6-5-9(7-13-10)18(15,16)12-3/h5-7,12H,8H2,1-4H3,(H,13,14). The summed E-state index contributed by atoms with van der Waals surface area (Å²) in [6, 6.07) is 3.20. The van der Waals surface area contributed by atoms with Crippen molar-refractivity contribution < 1.29 is 8.42 Å². The number of anilines is 1. The van der Waals surface area contributed by atoms with Crippen LogP contribution in [0.2, 0.25) is 0 Å². The number of hydrogen-bond donors (Lipinski definition) is 2. The number of aromatic nitrogens is 1. The SMILES string of the molecule is CNS(=O)(=O)c1ccc(NCC(C)(C)SC)nc1. The van der Waals surface area contributed by atoms with Gasteiger partial charge < -0.3 is 5.32 Å². The molecule has 1 rings (SSSR count). The minimum atomic E-state index is -3.41. The summed E-state index contributed by atoms with van der Waals surface area (Å²) in [6.45, 7) is 5.02. The van der Waals surface area contributed by atoms with Crippen LogP contribution in [0, 0.1) is 0 Å². The maximum Gasteiger partial charge on any atom is 0.241 e. The highest BCUT2D eigenvalue weighted by Crippen LogP contribution is 2.21. The Kier molecular flexibility index (Phi) is 5.01. The van der Waals surface area contributed by atoms with Crippen LogP contribution in [0.25, 0.3) is 0 Å². The minimum absolute atomic E-state index is 0.109. The van der Waals surface area contributed by atoms with E-state index in [9.17, 15) is 8.42 Å². The Bertz CT molecular complexity index is 484. The Morgan fingerprint density at radius 2 is 2.06 bits per heavy atom. The van der Waals surface area contributed by atoms with E-state index < -0.39 is 10.0 Å². The molecule has 2 N–H and O–H groups in total. The maximum atomic E-state index is 11.5. The Labute approximate surface area is 113 Å². The van der Waals surface area contributed by atoms with E-state index in [0.29, 0.717) is 5.82 Å². The third-order valence-corrected chi connectivity index (χ3v) is 5.21. The lowest BCUT2D eigenvalue weighted by molar-refractivity contribution is 0.588. The molecule has 102 valence electrons. The molecule has 0 saturated carbocycles. The number of sulfonamides is 1. The largest absolute Gasteiger partial charge is 0.369 e. The summed E-state index contributed by atoms with van der Waals surface area (Å²) in [4.78, 5) is 4.26. The van der Waals surface area contributed by atoms with Gasteiger partial charge in [0.15, 0.2) is 0 Å². The van der Waals surface area contributed by atoms with Gasteiger partial charge in [-0.15, -0.1) is 0 Å². The van der Waals surface area contributed by atoms with Gasteiger partial charge in [0, 0.05) is 17.5 Å². The summed E-state index contributed by atoms with van der Waals surface area (Å²) in [7, 11) is -2.03. The molecule has 0 aromatic carbocycles. The van der Waals surface area contributed by atoms with Crippen molar-refractivity contribution in [2.45, 2.75) is 23.5 Å². The quantitative estimate of drug-likeness (QED) is 0.831. The number of thioether (sulfide) groups is 1. The molecule has 0 aliphatic carbocycles. The van der Waals surface area contributed by atoms with Crippen LogP contribution in [-0.2, 0) is 10.0 Å². The van der Waals surface area contributed by atoms with Gasteiger partial charge >= 0.3 is 0 Å². The van der Waals surface area contributed by atoms with E-state index in [0.717, 1.165) is 6.54 Å². The van der Waals surface area contributed by atoms with Crippen LogP contribution in [0.3, 0.4) is 0 Å². The van der Waals surface area contributed by atoms with Gasteiger partial charge in [0.05, 0.1) is 0 Å². The summed E-state index contributed by atoms with van der Waals surface area (Å²) in [5, 5.41) is 3.19. The molecule has 0 amide bonds. The second kappa shape index (κ2) is 5.90. The normalized spacial score (nSPS) is 12.4. The smallest absolute Gasteiger partial charge is 0.241 e. The second-order valence-electron chi connectivity index (χ2n) is 4.40. The van der Waals surface area contributed by atoms with Gasteiger partial charge in [-0.25, -0.2) is 18.1 Å². The van der Waals surface area contributed by atoms with E-state index in [2.05, 4.69) is 35.1 Å². The molecule has 0 saturated heterocycles. The van der Waals surface area contributed by atoms with Gasteiger partial charge in [0.1, 0.15) is 10.7 Å². The lowest BCUT2D eigenvalue weighted by atomic mass is 10.2. The molecule has 0 atom stereocenters. The van der Waals surface area contributed by atoms with Crippen molar-refractivity contribution in [1.29, 1.82) is 0 Å². The third kappa shape index (κ3) is 4.15. The Morgan fingerprint density at radius 1 is 1.39 bits per heavy atom. The van der Waals surface area contributed by atoms with E-state index in [4.69, 9.17) is 0 Å². The fraction of sp³-hybridized carbons (Fsp3) is 0.545. The van der Waals surface area contributed by atoms with Gasteiger partial charge in [-0.1, -0.05) is 0 Å². The molecule has 0 aliphatic rings. The average Bonchev–Trinajstić information content (AvgIpc) is 2.37. The molecule has 0 radical (unpaired) electrons. The summed E-state index contributed by atoms with van der Waals surface area (Å²) in [6.07, 6.45) is 3.40. The van der Waals surface area contributed by atoms with Crippen LogP contribution in [-0.4, -0.2) is 38.0 Å². The number of hydrogen-bond acceptors (Lipinski definition) is 5. The first kappa shape index (κ1) is 15.3. The first-order chi connectivity index (χ1) is 8.30. The van der Waals surface area contributed by atoms with E-state index in [1.54, 1.807) is 17.8 Å². The van der Waals surface area contributed by atoms with Gasteiger partial charge in [-0.2, -0.15) is 11.8 Å². The van der Waals surface area contributed by atoms with Gasteiger partial charge in [-0.3, -0.25) is 0 Å². The highest BCUT2D eigenvalue weighted by atomic mass is 32.2. The fourth-order valence-corrected chi connectivity index (χ4v) is 2.03. The molecular weight excluding hydrogens is 270 g/mol. The minimum Gasteiger partial charge on any atom is -0.369 e. The van der Waals surface area contributed by atoms with Crippen LogP contribution in [0.4, 0.5) is 5.82 Å². The van der Waals surface area contributed by atoms with Crippen molar-refractivity contribution in [1.82, 2.24) is 9.71 Å². The van der Waals surface area contributed by atoms with Crippen LogP contribution in [0.5, 0.6) is 0 Å². The van der Waals surface area contributed by atoms with E-state index in [-0.39, 0.29) is 9.64 Å². The highest BCUT2D eigenvalue weighted by molar-refractivity contribution is 7.99. The number of nitrogens with zero attached hydrogens (tertiary/aromatic N) is 1. The Morgan fingerprint density at radius 3 is 2.50 bits per heavy atom. The zero-order valence-corrected chi connectivity index (χ0v) is 12.7. The Hall–Kier alpha value is -0.790. The fourth-order valence-electron chi connectivity index (χ4n) is 1.14. The molecule has 1 heterocycles. The van der Waals surface area contributed by atoms with Crippen LogP contribution in [0.15, 0.2) is 23.2 Å². The molecular formula is C11H19N3O2S2. The van der Waals surface area contributed by atoms with E-state index in [1.165, 1.54) is 19.3 Å². The predicted octanol–water partition coefficient (Wildman–Crippen LogP) is 1.54. The summed E-state index contributed by atoms with van der Waals surface area (Å²) >= 11 is 1.76. The predicted molar refractivity (Wildman–Crippen MR) is 76.6 cm³/mol. The maximum absolute atomic E-state index is 11.5. The van der Waals surface area contributed by atoms with Crippen molar-refractivity contribution in [3.63, 3.8) is 0 Å². The highest BCUT2D eigenvalue weighted by Gasteiger charge is 2.16. The van der Waals surface area contributed by atoms with Crippen molar-refractivity contribution in [2.75, 3.05) is 25.2 Å². The van der Waals surface area contributed by atoms with Crippen molar-refractivity contribution in [2.24, 2.45) is 0 Å². The van der Waals surface area contributed by atoms with Gasteiger partial charge in [0.2, 0.25) is 10.0 Å². The van der Waals surface area contributed by atoms with Crippen LogP contribution >= 0.6 is 11.8 Å². The van der Waals surface area contributed by atoms with Crippen LogP contribution < -0.4 is 10.0 Å². The molecule has 0 aliphatic heterocycles. The average molecular weight is 289 g/mol. The van der Waals surface area contributed by atoms with E-state index in [1.807, 2.05) is 0 Å². The molecule has 5 nitrogen and oxygen atoms in total. The van der Waals surface area contributed by atoms with Crippen molar-refractivity contribution in [3.8, 4) is 0 Å². The number of pyridine rings is 1. The lowest BCUT2D eigenvalue weighted by Crippen LogP contribution is -2.26.